The highest BCUT2D eigenvalue weighted by atomic mass is 35.5. The van der Waals surface area contributed by atoms with E-state index in [2.05, 4.69) is 15.3 Å². The molecule has 4 N–H and O–H groups in total. The molecule has 3 aromatic rings. The van der Waals surface area contributed by atoms with E-state index in [1.807, 2.05) is 13.0 Å². The lowest BCUT2D eigenvalue weighted by Crippen LogP contribution is -2.33. The second-order valence-electron chi connectivity index (χ2n) is 7.23. The zero-order valence-electron chi connectivity index (χ0n) is 16.3. The number of hydrogen-bond acceptors (Lipinski definition) is 8. The Balaban J connectivity index is 1.77. The van der Waals surface area contributed by atoms with E-state index in [4.69, 9.17) is 16.3 Å². The smallest absolute Gasteiger partial charge is 0.165 e. The van der Waals surface area contributed by atoms with Crippen molar-refractivity contribution >= 4 is 28.5 Å². The van der Waals surface area contributed by atoms with E-state index in [9.17, 15) is 25.0 Å². The quantitative estimate of drug-likeness (QED) is 0.435. The number of benzene rings is 1. The van der Waals surface area contributed by atoms with Crippen LogP contribution in [-0.2, 0) is 4.74 Å². The van der Waals surface area contributed by atoms with Crippen LogP contribution in [0.3, 0.4) is 0 Å². The molecule has 1 saturated heterocycles. The Morgan fingerprint density at radius 3 is 2.65 bits per heavy atom. The Kier molecular flexibility index (Phi) is 5.79. The Morgan fingerprint density at radius 2 is 2.03 bits per heavy atom. The summed E-state index contributed by atoms with van der Waals surface area (Å²) in [6.45, 7) is 1.35. The number of aromatic nitrogens is 3. The first-order valence-electron chi connectivity index (χ1n) is 9.46. The van der Waals surface area contributed by atoms with Gasteiger partial charge in [-0.15, -0.1) is 0 Å². The van der Waals surface area contributed by atoms with Crippen molar-refractivity contribution in [2.45, 2.75) is 37.5 Å². The van der Waals surface area contributed by atoms with Gasteiger partial charge in [0.05, 0.1) is 18.6 Å². The number of pyridine rings is 1. The third-order valence-corrected chi connectivity index (χ3v) is 5.57. The number of hydrogen-bond donors (Lipinski definition) is 4. The normalized spacial score (nSPS) is 24.3. The number of aliphatic hydroxyl groups is 3. The molecule has 11 heteroatoms. The lowest BCUT2D eigenvalue weighted by Gasteiger charge is -2.19. The largest absolute Gasteiger partial charge is 0.394 e. The van der Waals surface area contributed by atoms with Gasteiger partial charge in [0.15, 0.2) is 17.0 Å². The summed E-state index contributed by atoms with van der Waals surface area (Å²) < 4.78 is 20.2. The van der Waals surface area contributed by atoms with E-state index in [-0.39, 0.29) is 28.2 Å². The molecule has 0 amide bonds. The molecule has 2 aromatic heterocycles. The zero-order valence-corrected chi connectivity index (χ0v) is 17.0. The van der Waals surface area contributed by atoms with Crippen LogP contribution in [0.25, 0.3) is 11.2 Å². The van der Waals surface area contributed by atoms with Crippen molar-refractivity contribution < 1.29 is 24.4 Å². The molecule has 0 bridgehead atoms. The summed E-state index contributed by atoms with van der Waals surface area (Å²) in [7, 11) is 0. The van der Waals surface area contributed by atoms with Crippen LogP contribution in [0.1, 0.15) is 30.3 Å². The molecule has 5 atom stereocenters. The average molecular weight is 448 g/mol. The molecule has 3 heterocycles. The lowest BCUT2D eigenvalue weighted by molar-refractivity contribution is -0.0511. The van der Waals surface area contributed by atoms with Gasteiger partial charge in [0, 0.05) is 6.04 Å². The van der Waals surface area contributed by atoms with Crippen molar-refractivity contribution in [2.24, 2.45) is 0 Å². The summed E-state index contributed by atoms with van der Waals surface area (Å²) in [5.74, 6) is -0.361. The molecule has 1 unspecified atom stereocenters. The lowest BCUT2D eigenvalue weighted by atomic mass is 10.1. The van der Waals surface area contributed by atoms with E-state index < -0.39 is 31.1 Å². The van der Waals surface area contributed by atoms with Crippen molar-refractivity contribution in [1.29, 1.82) is 5.26 Å². The maximum absolute atomic E-state index is 13.3. The van der Waals surface area contributed by atoms with Gasteiger partial charge in [0.25, 0.3) is 0 Å². The molecule has 31 heavy (non-hydrogen) atoms. The van der Waals surface area contributed by atoms with Gasteiger partial charge in [0.2, 0.25) is 0 Å². The molecule has 1 aliphatic heterocycles. The molecule has 0 spiro atoms. The minimum absolute atomic E-state index is 0.0783. The number of nitrogens with zero attached hydrogens (tertiary/aromatic N) is 4. The number of anilines is 1. The van der Waals surface area contributed by atoms with Crippen LogP contribution >= 0.6 is 11.6 Å². The second-order valence-corrected chi connectivity index (χ2v) is 7.59. The predicted octanol–water partition coefficient (Wildman–Crippen LogP) is 1.88. The van der Waals surface area contributed by atoms with Gasteiger partial charge >= 0.3 is 0 Å². The Hall–Kier alpha value is -2.81. The van der Waals surface area contributed by atoms with Crippen molar-refractivity contribution in [2.75, 3.05) is 11.9 Å². The average Bonchev–Trinajstić information content (AvgIpc) is 3.29. The minimum Gasteiger partial charge on any atom is -0.394 e. The van der Waals surface area contributed by atoms with Crippen LogP contribution in [0, 0.1) is 17.1 Å². The first-order chi connectivity index (χ1) is 14.8. The third kappa shape index (κ3) is 3.71. The molecule has 1 aromatic carbocycles. The van der Waals surface area contributed by atoms with Gasteiger partial charge in [-0.1, -0.05) is 23.7 Å². The maximum Gasteiger partial charge on any atom is 0.165 e. The van der Waals surface area contributed by atoms with E-state index in [0.29, 0.717) is 11.2 Å². The first kappa shape index (κ1) is 21.4. The zero-order chi connectivity index (χ0) is 22.3. The molecular formula is C20H19ClFN5O4. The molecule has 1 fully saturated rings. The maximum atomic E-state index is 13.3. The third-order valence-electron chi connectivity index (χ3n) is 5.30. The molecule has 4 rings (SSSR count). The van der Waals surface area contributed by atoms with Gasteiger partial charge in [-0.05, 0) is 24.6 Å². The molecule has 0 aliphatic carbocycles. The number of imidazole rings is 1. The van der Waals surface area contributed by atoms with Gasteiger partial charge in [-0.25, -0.2) is 14.4 Å². The number of nitrogens with one attached hydrogen (secondary N) is 1. The summed E-state index contributed by atoms with van der Waals surface area (Å²) >= 11 is 6.26. The summed E-state index contributed by atoms with van der Waals surface area (Å²) in [5, 5.41) is 42.5. The number of fused-ring (bicyclic) bond motifs is 1. The highest BCUT2D eigenvalue weighted by Gasteiger charge is 2.44. The standard InChI is InChI=1S/C20H19ClFN5O4/c1-9(10-2-4-11(22)5-3-10)25-14-12(6-23)18(21)26-19-15(14)24-8-27(19)20-17(30)16(29)13(7-28)31-20/h2-5,8-9,13,16-17,20,28-30H,7H2,1H3,(H,25,26)/t9?,13-,16-,17-,20-/m1/s1. The molecule has 9 nitrogen and oxygen atoms in total. The second kappa shape index (κ2) is 8.37. The molecule has 0 saturated carbocycles. The van der Waals surface area contributed by atoms with Crippen LogP contribution in [0.15, 0.2) is 30.6 Å². The van der Waals surface area contributed by atoms with Crippen molar-refractivity contribution in [1.82, 2.24) is 14.5 Å². The monoisotopic (exact) mass is 447 g/mol. The van der Waals surface area contributed by atoms with Gasteiger partial charge in [-0.2, -0.15) is 5.26 Å². The van der Waals surface area contributed by atoms with E-state index in [1.54, 1.807) is 12.1 Å². The highest BCUT2D eigenvalue weighted by Crippen LogP contribution is 2.36. The Morgan fingerprint density at radius 1 is 1.32 bits per heavy atom. The fourth-order valence-corrected chi connectivity index (χ4v) is 3.82. The molecule has 0 radical (unpaired) electrons. The van der Waals surface area contributed by atoms with Crippen LogP contribution in [0.4, 0.5) is 10.1 Å². The predicted molar refractivity (Wildman–Crippen MR) is 109 cm³/mol. The number of nitriles is 1. The fourth-order valence-electron chi connectivity index (χ4n) is 3.60. The van der Waals surface area contributed by atoms with Crippen LogP contribution in [-0.4, -0.2) is 54.8 Å². The van der Waals surface area contributed by atoms with Crippen molar-refractivity contribution in [3.8, 4) is 6.07 Å². The SMILES string of the molecule is CC(Nc1c(C#N)c(Cl)nc2c1ncn2[C@@H]1O[C@H](CO)[C@@H](O)[C@H]1O)c1ccc(F)cc1. The number of aliphatic hydroxyl groups excluding tert-OH is 3. The Labute approximate surface area is 181 Å². The summed E-state index contributed by atoms with van der Waals surface area (Å²) in [5.41, 5.74) is 1.68. The minimum atomic E-state index is -1.33. The summed E-state index contributed by atoms with van der Waals surface area (Å²) in [4.78, 5) is 8.55. The molecular weight excluding hydrogens is 429 g/mol. The van der Waals surface area contributed by atoms with Gasteiger partial charge < -0.3 is 25.4 Å². The first-order valence-corrected chi connectivity index (χ1v) is 9.84. The van der Waals surface area contributed by atoms with Crippen molar-refractivity contribution in [3.05, 3.63) is 52.7 Å². The van der Waals surface area contributed by atoms with Crippen LogP contribution < -0.4 is 5.32 Å². The van der Waals surface area contributed by atoms with E-state index in [0.717, 1.165) is 5.56 Å². The summed E-state index contributed by atoms with van der Waals surface area (Å²) in [6.07, 6.45) is -3.31. The van der Waals surface area contributed by atoms with Gasteiger partial charge in [0.1, 0.15) is 41.3 Å². The van der Waals surface area contributed by atoms with Crippen molar-refractivity contribution in [3.63, 3.8) is 0 Å². The van der Waals surface area contributed by atoms with E-state index in [1.165, 1.54) is 23.0 Å². The summed E-state index contributed by atoms with van der Waals surface area (Å²) in [6, 6.07) is 7.61. The highest BCUT2D eigenvalue weighted by molar-refractivity contribution is 6.31. The molecule has 1 aliphatic rings. The molecule has 162 valence electrons. The number of halogens is 2. The van der Waals surface area contributed by atoms with Crippen LogP contribution in [0.2, 0.25) is 5.15 Å². The topological polar surface area (TPSA) is 136 Å². The number of rotatable bonds is 5. The fraction of sp³-hybridized carbons (Fsp3) is 0.350. The Bertz CT molecular complexity index is 1150. The number of ether oxygens (including phenoxy) is 1. The van der Waals surface area contributed by atoms with Crippen LogP contribution in [0.5, 0.6) is 0 Å². The van der Waals surface area contributed by atoms with Gasteiger partial charge in [-0.3, -0.25) is 4.57 Å². The van der Waals surface area contributed by atoms with E-state index >= 15 is 0 Å².